The lowest BCUT2D eigenvalue weighted by Crippen LogP contribution is -2.15. The molecular formula is C17H23NOS. The van der Waals surface area contributed by atoms with Crippen LogP contribution < -0.4 is 10.1 Å². The van der Waals surface area contributed by atoms with Crippen molar-refractivity contribution in [2.24, 2.45) is 5.92 Å². The maximum absolute atomic E-state index is 5.67. The molecule has 1 heterocycles. The Labute approximate surface area is 125 Å². The van der Waals surface area contributed by atoms with Gasteiger partial charge in [0, 0.05) is 10.6 Å². The fourth-order valence-corrected chi connectivity index (χ4v) is 3.07. The summed E-state index contributed by atoms with van der Waals surface area (Å²) in [7, 11) is 0. The molecule has 1 aromatic heterocycles. The predicted octanol–water partition coefficient (Wildman–Crippen LogP) is 5.34. The molecule has 108 valence electrons. The van der Waals surface area contributed by atoms with E-state index in [-0.39, 0.29) is 6.10 Å². The quantitative estimate of drug-likeness (QED) is 0.774. The minimum absolute atomic E-state index is 0.211. The minimum Gasteiger partial charge on any atom is -0.491 e. The largest absolute Gasteiger partial charge is 0.491 e. The van der Waals surface area contributed by atoms with Gasteiger partial charge in [0.15, 0.2) is 0 Å². The van der Waals surface area contributed by atoms with E-state index in [0.717, 1.165) is 11.4 Å². The van der Waals surface area contributed by atoms with Gasteiger partial charge in [-0.25, -0.2) is 0 Å². The van der Waals surface area contributed by atoms with Crippen molar-refractivity contribution in [3.05, 3.63) is 46.7 Å². The number of rotatable bonds is 6. The number of hydrogen-bond acceptors (Lipinski definition) is 3. The third-order valence-corrected chi connectivity index (χ3v) is 4.02. The van der Waals surface area contributed by atoms with Crippen molar-refractivity contribution in [2.75, 3.05) is 5.32 Å². The van der Waals surface area contributed by atoms with Gasteiger partial charge >= 0.3 is 0 Å². The number of hydrogen-bond donors (Lipinski definition) is 1. The lowest BCUT2D eigenvalue weighted by atomic mass is 10.0. The summed E-state index contributed by atoms with van der Waals surface area (Å²) in [6.45, 7) is 8.57. The zero-order valence-electron chi connectivity index (χ0n) is 12.6. The topological polar surface area (TPSA) is 21.3 Å². The van der Waals surface area contributed by atoms with Crippen molar-refractivity contribution in [2.45, 2.75) is 39.8 Å². The van der Waals surface area contributed by atoms with E-state index in [9.17, 15) is 0 Å². The summed E-state index contributed by atoms with van der Waals surface area (Å²) in [5.74, 6) is 1.46. The molecule has 2 nitrogen and oxygen atoms in total. The highest BCUT2D eigenvalue weighted by molar-refractivity contribution is 7.10. The molecule has 0 aliphatic carbocycles. The summed E-state index contributed by atoms with van der Waals surface area (Å²) in [4.78, 5) is 1.38. The lowest BCUT2D eigenvalue weighted by Gasteiger charge is -2.22. The summed E-state index contributed by atoms with van der Waals surface area (Å²) >= 11 is 1.80. The standard InChI is InChI=1S/C17H23NOS/c1-12(2)17(16-6-5-11-20-16)18-14-7-9-15(10-8-14)19-13(3)4/h5-13,17-18H,1-4H3. The van der Waals surface area contributed by atoms with Crippen LogP contribution in [0, 0.1) is 5.92 Å². The van der Waals surface area contributed by atoms with Gasteiger partial charge in [-0.1, -0.05) is 19.9 Å². The van der Waals surface area contributed by atoms with Crippen LogP contribution in [-0.4, -0.2) is 6.10 Å². The Balaban J connectivity index is 2.07. The SMILES string of the molecule is CC(C)Oc1ccc(NC(c2cccs2)C(C)C)cc1. The van der Waals surface area contributed by atoms with E-state index < -0.39 is 0 Å². The Morgan fingerprint density at radius 1 is 1.00 bits per heavy atom. The van der Waals surface area contributed by atoms with Crippen molar-refractivity contribution in [3.63, 3.8) is 0 Å². The molecule has 20 heavy (non-hydrogen) atoms. The van der Waals surface area contributed by atoms with Gasteiger partial charge in [0.05, 0.1) is 12.1 Å². The van der Waals surface area contributed by atoms with Crippen LogP contribution in [0.2, 0.25) is 0 Å². The van der Waals surface area contributed by atoms with Crippen LogP contribution >= 0.6 is 11.3 Å². The fourth-order valence-electron chi connectivity index (χ4n) is 2.12. The molecule has 0 saturated heterocycles. The van der Waals surface area contributed by atoms with Gasteiger partial charge in [-0.05, 0) is 55.5 Å². The van der Waals surface area contributed by atoms with Gasteiger partial charge in [0.1, 0.15) is 5.75 Å². The van der Waals surface area contributed by atoms with Crippen molar-refractivity contribution in [1.82, 2.24) is 0 Å². The molecule has 0 fully saturated rings. The van der Waals surface area contributed by atoms with Crippen molar-refractivity contribution < 1.29 is 4.74 Å². The summed E-state index contributed by atoms with van der Waals surface area (Å²) in [5, 5.41) is 5.75. The monoisotopic (exact) mass is 289 g/mol. The number of benzene rings is 1. The molecule has 0 radical (unpaired) electrons. The molecule has 0 amide bonds. The van der Waals surface area contributed by atoms with E-state index in [0.29, 0.717) is 12.0 Å². The molecular weight excluding hydrogens is 266 g/mol. The highest BCUT2D eigenvalue weighted by Crippen LogP contribution is 2.30. The van der Waals surface area contributed by atoms with E-state index in [2.05, 4.69) is 48.8 Å². The number of nitrogens with one attached hydrogen (secondary N) is 1. The maximum atomic E-state index is 5.67. The first-order chi connectivity index (χ1) is 9.56. The van der Waals surface area contributed by atoms with Crippen LogP contribution in [0.25, 0.3) is 0 Å². The van der Waals surface area contributed by atoms with Crippen molar-refractivity contribution >= 4 is 17.0 Å². The molecule has 0 bridgehead atoms. The van der Waals surface area contributed by atoms with Crippen molar-refractivity contribution in [1.29, 1.82) is 0 Å². The van der Waals surface area contributed by atoms with E-state index in [4.69, 9.17) is 4.74 Å². The molecule has 1 atom stereocenters. The molecule has 1 unspecified atom stereocenters. The van der Waals surface area contributed by atoms with Crippen LogP contribution in [0.3, 0.4) is 0 Å². The van der Waals surface area contributed by atoms with Gasteiger partial charge in [0.2, 0.25) is 0 Å². The Bertz CT molecular complexity index is 502. The molecule has 0 aliphatic heterocycles. The molecule has 3 heteroatoms. The Hall–Kier alpha value is -1.48. The maximum Gasteiger partial charge on any atom is 0.119 e. The number of thiophene rings is 1. The van der Waals surface area contributed by atoms with Crippen molar-refractivity contribution in [3.8, 4) is 5.75 Å². The van der Waals surface area contributed by atoms with E-state index in [1.54, 1.807) is 11.3 Å². The van der Waals surface area contributed by atoms with E-state index in [1.165, 1.54) is 4.88 Å². The summed E-state index contributed by atoms with van der Waals surface area (Å²) in [5.41, 5.74) is 1.13. The summed E-state index contributed by atoms with van der Waals surface area (Å²) in [6, 6.07) is 12.9. The first-order valence-electron chi connectivity index (χ1n) is 7.13. The van der Waals surface area contributed by atoms with Gasteiger partial charge < -0.3 is 10.1 Å². The van der Waals surface area contributed by atoms with E-state index >= 15 is 0 Å². The van der Waals surface area contributed by atoms with Crippen LogP contribution in [0.4, 0.5) is 5.69 Å². The van der Waals surface area contributed by atoms with Gasteiger partial charge in [-0.2, -0.15) is 0 Å². The first-order valence-corrected chi connectivity index (χ1v) is 8.01. The fraction of sp³-hybridized carbons (Fsp3) is 0.412. The molecule has 1 N–H and O–H groups in total. The lowest BCUT2D eigenvalue weighted by molar-refractivity contribution is 0.242. The second-order valence-electron chi connectivity index (χ2n) is 5.57. The van der Waals surface area contributed by atoms with Gasteiger partial charge in [-0.15, -0.1) is 11.3 Å². The average molecular weight is 289 g/mol. The average Bonchev–Trinajstić information content (AvgIpc) is 2.90. The van der Waals surface area contributed by atoms with Gasteiger partial charge in [-0.3, -0.25) is 0 Å². The molecule has 2 aromatic rings. The second kappa shape index (κ2) is 6.80. The Morgan fingerprint density at radius 3 is 2.20 bits per heavy atom. The third kappa shape index (κ3) is 4.01. The first kappa shape index (κ1) is 14.9. The van der Waals surface area contributed by atoms with Crippen LogP contribution in [0.1, 0.15) is 38.6 Å². The normalized spacial score (nSPS) is 12.7. The Kier molecular flexibility index (Phi) is 5.07. The zero-order valence-corrected chi connectivity index (χ0v) is 13.4. The highest BCUT2D eigenvalue weighted by Gasteiger charge is 2.16. The predicted molar refractivity (Wildman–Crippen MR) is 87.7 cm³/mol. The number of anilines is 1. The van der Waals surface area contributed by atoms with Crippen LogP contribution in [-0.2, 0) is 0 Å². The van der Waals surface area contributed by atoms with Gasteiger partial charge in [0.25, 0.3) is 0 Å². The number of ether oxygens (including phenoxy) is 1. The minimum atomic E-state index is 0.211. The second-order valence-corrected chi connectivity index (χ2v) is 6.55. The highest BCUT2D eigenvalue weighted by atomic mass is 32.1. The molecule has 2 rings (SSSR count). The molecule has 0 saturated carbocycles. The Morgan fingerprint density at radius 2 is 1.70 bits per heavy atom. The molecule has 0 aliphatic rings. The van der Waals surface area contributed by atoms with E-state index in [1.807, 2.05) is 26.0 Å². The third-order valence-electron chi connectivity index (χ3n) is 3.06. The van der Waals surface area contributed by atoms with Crippen LogP contribution in [0.5, 0.6) is 5.75 Å². The summed E-state index contributed by atoms with van der Waals surface area (Å²) in [6.07, 6.45) is 0.211. The molecule has 0 spiro atoms. The van der Waals surface area contributed by atoms with Crippen LogP contribution in [0.15, 0.2) is 41.8 Å². The summed E-state index contributed by atoms with van der Waals surface area (Å²) < 4.78 is 5.67. The zero-order chi connectivity index (χ0) is 14.5. The smallest absolute Gasteiger partial charge is 0.119 e. The molecule has 1 aromatic carbocycles.